The normalized spacial score (nSPS) is 17.3. The predicted molar refractivity (Wildman–Crippen MR) is 184 cm³/mol. The Morgan fingerprint density at radius 2 is 1.39 bits per heavy atom. The van der Waals surface area contributed by atoms with Crippen LogP contribution in [0.4, 0.5) is 0 Å². The molecule has 0 saturated heterocycles. The Balaban J connectivity index is 1.54. The lowest BCUT2D eigenvalue weighted by Crippen LogP contribution is -2.43. The fraction of sp³-hybridized carbons (Fsp3) is 0.300. The summed E-state index contributed by atoms with van der Waals surface area (Å²) in [7, 11) is 1.69. The molecule has 0 heterocycles. The number of aromatic hydroxyl groups is 1. The molecular weight excluding hydrogens is 561 g/mol. The van der Waals surface area contributed by atoms with Crippen molar-refractivity contribution in [2.24, 2.45) is 10.8 Å². The Morgan fingerprint density at radius 3 is 2.05 bits per heavy atom. The summed E-state index contributed by atoms with van der Waals surface area (Å²) < 4.78 is 12.0. The molecule has 224 valence electrons. The zero-order valence-electron chi connectivity index (χ0n) is 26.5. The molecule has 0 aromatic heterocycles. The molecule has 1 saturated carbocycles. The molecule has 1 spiro atoms. The van der Waals surface area contributed by atoms with Crippen LogP contribution in [0.15, 0.2) is 95.9 Å². The number of phenols is 1. The van der Waals surface area contributed by atoms with Gasteiger partial charge < -0.3 is 14.6 Å². The first-order valence-corrected chi connectivity index (χ1v) is 16.7. The van der Waals surface area contributed by atoms with Crippen LogP contribution >= 0.6 is 11.8 Å². The summed E-state index contributed by atoms with van der Waals surface area (Å²) in [5.74, 6) is 2.57. The molecule has 4 heteroatoms. The van der Waals surface area contributed by atoms with E-state index in [1.165, 1.54) is 33.6 Å². The Morgan fingerprint density at radius 1 is 0.682 bits per heavy atom. The molecule has 0 unspecified atom stereocenters. The average molecular weight is 601 g/mol. The molecule has 2 aliphatic carbocycles. The molecule has 2 aliphatic rings. The van der Waals surface area contributed by atoms with Crippen LogP contribution in [-0.2, 0) is 5.41 Å². The van der Waals surface area contributed by atoms with Crippen LogP contribution in [0.2, 0.25) is 0 Å². The van der Waals surface area contributed by atoms with E-state index in [4.69, 9.17) is 9.47 Å². The minimum atomic E-state index is -0.174. The van der Waals surface area contributed by atoms with Gasteiger partial charge in [-0.1, -0.05) is 64.1 Å². The number of hydrogen-bond acceptors (Lipinski definition) is 4. The second-order valence-electron chi connectivity index (χ2n) is 14.2. The summed E-state index contributed by atoms with van der Waals surface area (Å²) in [5, 5.41) is 13.7. The summed E-state index contributed by atoms with van der Waals surface area (Å²) in [5.41, 5.74) is 7.34. The van der Waals surface area contributed by atoms with Gasteiger partial charge in [0.05, 0.1) is 7.11 Å². The molecule has 0 radical (unpaired) electrons. The Hall–Kier alpha value is -3.89. The molecule has 0 bridgehead atoms. The highest BCUT2D eigenvalue weighted by atomic mass is 32.2. The van der Waals surface area contributed by atoms with Gasteiger partial charge in [-0.05, 0) is 124 Å². The first-order valence-electron chi connectivity index (χ1n) is 15.4. The van der Waals surface area contributed by atoms with E-state index in [0.29, 0.717) is 11.5 Å². The number of thioether (sulfide) groups is 1. The molecule has 1 N–H and O–H groups in total. The van der Waals surface area contributed by atoms with Gasteiger partial charge in [-0.2, -0.15) is 0 Å². The molecule has 1 fully saturated rings. The largest absolute Gasteiger partial charge is 0.507 e. The fourth-order valence-corrected chi connectivity index (χ4v) is 9.14. The summed E-state index contributed by atoms with van der Waals surface area (Å²) in [4.78, 5) is 1.28. The number of fused-ring (bicyclic) bond motifs is 7. The van der Waals surface area contributed by atoms with Crippen LogP contribution in [0.25, 0.3) is 33.0 Å². The van der Waals surface area contributed by atoms with Crippen LogP contribution in [0, 0.1) is 10.8 Å². The lowest BCUT2D eigenvalue weighted by Gasteiger charge is -2.51. The molecule has 5 aromatic rings. The maximum atomic E-state index is 11.8. The van der Waals surface area contributed by atoms with Crippen molar-refractivity contribution in [2.75, 3.05) is 13.4 Å². The number of hydrogen-bond donors (Lipinski definition) is 1. The summed E-state index contributed by atoms with van der Waals surface area (Å²) in [6.07, 6.45) is 5.43. The van der Waals surface area contributed by atoms with Crippen LogP contribution in [0.3, 0.4) is 0 Å². The topological polar surface area (TPSA) is 38.7 Å². The number of ether oxygens (including phenoxy) is 2. The van der Waals surface area contributed by atoms with E-state index in [9.17, 15) is 5.11 Å². The fourth-order valence-electron chi connectivity index (χ4n) is 8.70. The standard InChI is InChI=1S/C40H40O3S/c1-38(2)22-39(3,4)24-40(23-38)33-18-28(44-6)16-17-29(33)37-32-19-30(25-12-14-26(42-5)15-13-25)36(43-27-10-8-7-9-11-27)20-31(32)35(41)21-34(37)40/h7-21,41H,22-24H2,1-6H3. The quantitative estimate of drug-likeness (QED) is 0.204. The van der Waals surface area contributed by atoms with Crippen molar-refractivity contribution in [3.63, 3.8) is 0 Å². The highest BCUT2D eigenvalue weighted by Gasteiger charge is 2.53. The average Bonchev–Trinajstić information content (AvgIpc) is 3.23. The highest BCUT2D eigenvalue weighted by molar-refractivity contribution is 7.98. The van der Waals surface area contributed by atoms with Crippen molar-refractivity contribution < 1.29 is 14.6 Å². The molecule has 0 aliphatic heterocycles. The van der Waals surface area contributed by atoms with Gasteiger partial charge >= 0.3 is 0 Å². The van der Waals surface area contributed by atoms with Gasteiger partial charge in [0.1, 0.15) is 23.0 Å². The minimum Gasteiger partial charge on any atom is -0.507 e. The third-order valence-corrected chi connectivity index (χ3v) is 10.4. The van der Waals surface area contributed by atoms with Gasteiger partial charge in [-0.15, -0.1) is 11.8 Å². The molecule has 7 rings (SSSR count). The molecular formula is C40H40O3S. The number of methoxy groups -OCH3 is 1. The van der Waals surface area contributed by atoms with Gasteiger partial charge in [0.25, 0.3) is 0 Å². The third-order valence-electron chi connectivity index (χ3n) is 9.63. The van der Waals surface area contributed by atoms with E-state index in [0.717, 1.165) is 46.2 Å². The first-order chi connectivity index (χ1) is 21.0. The van der Waals surface area contributed by atoms with Crippen molar-refractivity contribution in [1.82, 2.24) is 0 Å². The zero-order chi connectivity index (χ0) is 30.9. The maximum Gasteiger partial charge on any atom is 0.136 e. The lowest BCUT2D eigenvalue weighted by atomic mass is 9.52. The van der Waals surface area contributed by atoms with Crippen LogP contribution in [0.5, 0.6) is 23.0 Å². The second-order valence-corrected chi connectivity index (χ2v) is 15.1. The number of phenolic OH excluding ortho intramolecular Hbond substituents is 1. The minimum absolute atomic E-state index is 0.155. The Kier molecular flexibility index (Phi) is 6.78. The van der Waals surface area contributed by atoms with Gasteiger partial charge in [-0.3, -0.25) is 0 Å². The van der Waals surface area contributed by atoms with Crippen molar-refractivity contribution in [3.8, 4) is 45.3 Å². The van der Waals surface area contributed by atoms with Gasteiger partial charge in [0, 0.05) is 21.3 Å². The van der Waals surface area contributed by atoms with Crippen LogP contribution < -0.4 is 9.47 Å². The van der Waals surface area contributed by atoms with Crippen molar-refractivity contribution in [3.05, 3.63) is 102 Å². The lowest BCUT2D eigenvalue weighted by molar-refractivity contribution is 0.0644. The number of para-hydroxylation sites is 1. The first kappa shape index (κ1) is 28.9. The van der Waals surface area contributed by atoms with E-state index in [1.807, 2.05) is 48.5 Å². The van der Waals surface area contributed by atoms with E-state index in [2.05, 4.69) is 76.4 Å². The Labute approximate surface area is 265 Å². The van der Waals surface area contributed by atoms with E-state index in [-0.39, 0.29) is 16.2 Å². The monoisotopic (exact) mass is 600 g/mol. The van der Waals surface area contributed by atoms with Crippen molar-refractivity contribution in [2.45, 2.75) is 57.3 Å². The summed E-state index contributed by atoms with van der Waals surface area (Å²) in [6, 6.07) is 31.3. The molecule has 5 aromatic carbocycles. The third kappa shape index (κ3) is 4.75. The number of rotatable bonds is 5. The van der Waals surface area contributed by atoms with Gasteiger partial charge in [-0.25, -0.2) is 0 Å². The maximum absolute atomic E-state index is 11.8. The molecule has 44 heavy (non-hydrogen) atoms. The summed E-state index contributed by atoms with van der Waals surface area (Å²) >= 11 is 1.80. The highest BCUT2D eigenvalue weighted by Crippen LogP contribution is 2.65. The van der Waals surface area contributed by atoms with E-state index >= 15 is 0 Å². The molecule has 0 amide bonds. The SMILES string of the molecule is COc1ccc(-c2cc3c4c(cc(O)c3cc2Oc2ccccc2)C2(CC(C)(C)CC(C)(C)C2)c2cc(SC)ccc2-4)cc1. The molecule has 3 nitrogen and oxygen atoms in total. The van der Waals surface area contributed by atoms with Gasteiger partial charge in [0.15, 0.2) is 0 Å². The summed E-state index contributed by atoms with van der Waals surface area (Å²) in [6.45, 7) is 9.67. The van der Waals surface area contributed by atoms with Crippen molar-refractivity contribution >= 4 is 22.5 Å². The second kappa shape index (κ2) is 10.3. The van der Waals surface area contributed by atoms with E-state index in [1.54, 1.807) is 18.9 Å². The number of benzene rings is 5. The van der Waals surface area contributed by atoms with E-state index < -0.39 is 0 Å². The predicted octanol–water partition coefficient (Wildman–Crippen LogP) is 11.2. The van der Waals surface area contributed by atoms with Gasteiger partial charge in [0.2, 0.25) is 0 Å². The van der Waals surface area contributed by atoms with Crippen molar-refractivity contribution in [1.29, 1.82) is 0 Å². The molecule has 0 atom stereocenters. The van der Waals surface area contributed by atoms with Crippen LogP contribution in [-0.4, -0.2) is 18.5 Å². The van der Waals surface area contributed by atoms with Crippen LogP contribution in [0.1, 0.15) is 58.1 Å². The smallest absolute Gasteiger partial charge is 0.136 e. The zero-order valence-corrected chi connectivity index (χ0v) is 27.3. The Bertz CT molecular complexity index is 1870.